The summed E-state index contributed by atoms with van der Waals surface area (Å²) in [5.41, 5.74) is -1.47. The summed E-state index contributed by atoms with van der Waals surface area (Å²) in [5.74, 6) is -2.94. The fourth-order valence-electron chi connectivity index (χ4n) is 5.01. The Bertz CT molecular complexity index is 1300. The number of esters is 1. The Morgan fingerprint density at radius 1 is 1.11 bits per heavy atom. The predicted molar refractivity (Wildman–Crippen MR) is 133 cm³/mol. The molecule has 0 amide bonds. The van der Waals surface area contributed by atoms with Crippen LogP contribution in [0.3, 0.4) is 0 Å². The molecule has 3 atom stereocenters. The molecule has 1 heterocycles. The van der Waals surface area contributed by atoms with Gasteiger partial charge in [0.2, 0.25) is 11.4 Å². The first-order chi connectivity index (χ1) is 17.6. The van der Waals surface area contributed by atoms with Gasteiger partial charge in [0.15, 0.2) is 17.3 Å². The van der Waals surface area contributed by atoms with Crippen LogP contribution in [0.4, 0.5) is 0 Å². The minimum Gasteiger partial charge on any atom is -0.507 e. The lowest BCUT2D eigenvalue weighted by molar-refractivity contribution is -0.140. The maximum absolute atomic E-state index is 14.0. The van der Waals surface area contributed by atoms with Crippen LogP contribution in [0.25, 0.3) is 0 Å². The largest absolute Gasteiger partial charge is 0.507 e. The molecular formula is C27H27ClO9. The van der Waals surface area contributed by atoms with E-state index in [9.17, 15) is 19.5 Å². The van der Waals surface area contributed by atoms with Crippen molar-refractivity contribution in [1.82, 2.24) is 0 Å². The number of allylic oxidation sites excluding steroid dienone is 1. The quantitative estimate of drug-likeness (QED) is 0.518. The van der Waals surface area contributed by atoms with E-state index in [1.54, 1.807) is 31.2 Å². The lowest BCUT2D eigenvalue weighted by atomic mass is 9.69. The number of benzene rings is 2. The van der Waals surface area contributed by atoms with E-state index in [0.717, 1.165) is 0 Å². The first-order valence-electron chi connectivity index (χ1n) is 11.5. The van der Waals surface area contributed by atoms with Gasteiger partial charge in [0, 0.05) is 29.9 Å². The maximum Gasteiger partial charge on any atom is 0.306 e. The summed E-state index contributed by atoms with van der Waals surface area (Å²) in [4.78, 5) is 39.8. The molecule has 0 saturated heterocycles. The third kappa shape index (κ3) is 4.07. The number of aliphatic hydroxyl groups is 1. The summed E-state index contributed by atoms with van der Waals surface area (Å²) < 4.78 is 27.0. The molecule has 9 nitrogen and oxygen atoms in total. The zero-order valence-electron chi connectivity index (χ0n) is 21.0. The molecular weight excluding hydrogens is 504 g/mol. The van der Waals surface area contributed by atoms with E-state index in [4.69, 9.17) is 35.3 Å². The predicted octanol–water partition coefficient (Wildman–Crippen LogP) is 4.45. The van der Waals surface area contributed by atoms with Gasteiger partial charge < -0.3 is 28.8 Å². The molecule has 0 aromatic heterocycles. The minimum atomic E-state index is -1.95. The molecule has 4 rings (SSSR count). The number of rotatable bonds is 7. The van der Waals surface area contributed by atoms with E-state index in [-0.39, 0.29) is 46.2 Å². The minimum absolute atomic E-state index is 0.0102. The number of ether oxygens (including phenoxy) is 5. The number of ketones is 2. The number of hydrogen-bond acceptors (Lipinski definition) is 9. The van der Waals surface area contributed by atoms with Crippen molar-refractivity contribution in [3.8, 4) is 23.0 Å². The van der Waals surface area contributed by atoms with E-state index in [1.165, 1.54) is 34.5 Å². The van der Waals surface area contributed by atoms with Crippen molar-refractivity contribution in [2.24, 2.45) is 5.92 Å². The molecule has 0 fully saturated rings. The Kier molecular flexibility index (Phi) is 7.10. The standard InChI is InChI=1S/C27H27ClO9/c1-13-10-17(29)21(16(11-20(30)36-5)14-6-8-15(33-2)9-7-14)25(31)27(13)26(32)22-18(34-3)12-19(35-4)23(28)24(22)37-27/h6-9,12-13,16,31H,10-11H2,1-5H3. The Labute approximate surface area is 218 Å². The van der Waals surface area contributed by atoms with Crippen LogP contribution in [-0.2, 0) is 14.3 Å². The number of carbonyl (C=O) groups is 3. The van der Waals surface area contributed by atoms with Crippen LogP contribution in [0.15, 0.2) is 41.7 Å². The van der Waals surface area contributed by atoms with Crippen molar-refractivity contribution in [3.05, 3.63) is 57.8 Å². The van der Waals surface area contributed by atoms with E-state index in [1.807, 2.05) is 0 Å². The molecule has 2 aliphatic rings. The van der Waals surface area contributed by atoms with Crippen LogP contribution in [-0.4, -0.2) is 56.7 Å². The Balaban J connectivity index is 1.94. The molecule has 1 spiro atoms. The maximum atomic E-state index is 14.0. The van der Waals surface area contributed by atoms with Gasteiger partial charge in [0.25, 0.3) is 0 Å². The van der Waals surface area contributed by atoms with Gasteiger partial charge in [-0.1, -0.05) is 30.7 Å². The van der Waals surface area contributed by atoms with Crippen LogP contribution in [0.1, 0.15) is 41.6 Å². The van der Waals surface area contributed by atoms with E-state index < -0.39 is 40.7 Å². The summed E-state index contributed by atoms with van der Waals surface area (Å²) in [6, 6.07) is 8.17. The fourth-order valence-corrected chi connectivity index (χ4v) is 5.28. The number of fused-ring (bicyclic) bond motifs is 1. The molecule has 0 saturated carbocycles. The summed E-state index contributed by atoms with van der Waals surface area (Å²) in [5, 5.41) is 11.8. The highest BCUT2D eigenvalue weighted by molar-refractivity contribution is 6.35. The molecule has 37 heavy (non-hydrogen) atoms. The highest BCUT2D eigenvalue weighted by Gasteiger charge is 2.61. The van der Waals surface area contributed by atoms with Gasteiger partial charge in [-0.3, -0.25) is 14.4 Å². The van der Waals surface area contributed by atoms with Crippen molar-refractivity contribution in [2.75, 3.05) is 28.4 Å². The lowest BCUT2D eigenvalue weighted by Crippen LogP contribution is -2.53. The molecule has 0 radical (unpaired) electrons. The topological polar surface area (TPSA) is 118 Å². The second-order valence-corrected chi connectivity index (χ2v) is 9.24. The Morgan fingerprint density at radius 3 is 2.32 bits per heavy atom. The molecule has 196 valence electrons. The molecule has 0 bridgehead atoms. The fraction of sp³-hybridized carbons (Fsp3) is 0.370. The zero-order valence-corrected chi connectivity index (χ0v) is 21.8. The molecule has 1 N–H and O–H groups in total. The van der Waals surface area contributed by atoms with Gasteiger partial charge in [-0.15, -0.1) is 0 Å². The van der Waals surface area contributed by atoms with E-state index in [0.29, 0.717) is 11.3 Å². The van der Waals surface area contributed by atoms with E-state index >= 15 is 0 Å². The van der Waals surface area contributed by atoms with Gasteiger partial charge in [-0.2, -0.15) is 0 Å². The SMILES string of the molecule is COC(=O)CC(C1=C(O)C2(Oc3c(Cl)c(OC)cc(OC)c3C2=O)C(C)CC1=O)c1ccc(OC)cc1. The molecule has 1 aliphatic heterocycles. The van der Waals surface area contributed by atoms with E-state index in [2.05, 4.69) is 0 Å². The second kappa shape index (κ2) is 9.97. The Hall–Kier alpha value is -3.72. The van der Waals surface area contributed by atoms with Crippen LogP contribution < -0.4 is 18.9 Å². The molecule has 10 heteroatoms. The van der Waals surface area contributed by atoms with Crippen LogP contribution in [0.2, 0.25) is 5.02 Å². The molecule has 3 unspecified atom stereocenters. The normalized spacial score (nSPS) is 21.4. The Morgan fingerprint density at radius 2 is 1.76 bits per heavy atom. The van der Waals surface area contributed by atoms with Gasteiger partial charge >= 0.3 is 5.97 Å². The van der Waals surface area contributed by atoms with Gasteiger partial charge in [-0.05, 0) is 17.7 Å². The van der Waals surface area contributed by atoms with Crippen molar-refractivity contribution in [3.63, 3.8) is 0 Å². The van der Waals surface area contributed by atoms with Crippen LogP contribution in [0, 0.1) is 5.92 Å². The molecule has 1 aliphatic carbocycles. The lowest BCUT2D eigenvalue weighted by Gasteiger charge is -2.38. The summed E-state index contributed by atoms with van der Waals surface area (Å²) in [6.45, 7) is 1.63. The van der Waals surface area contributed by atoms with Crippen molar-refractivity contribution >= 4 is 29.1 Å². The third-order valence-corrected chi connectivity index (χ3v) is 7.33. The number of hydrogen-bond donors (Lipinski definition) is 1. The number of aliphatic hydroxyl groups excluding tert-OH is 1. The average molecular weight is 531 g/mol. The van der Waals surface area contributed by atoms with Gasteiger partial charge in [0.05, 0.1) is 34.9 Å². The average Bonchev–Trinajstić information content (AvgIpc) is 3.22. The highest BCUT2D eigenvalue weighted by Crippen LogP contribution is 2.55. The second-order valence-electron chi connectivity index (χ2n) is 8.86. The van der Waals surface area contributed by atoms with Crippen molar-refractivity contribution in [2.45, 2.75) is 31.3 Å². The summed E-state index contributed by atoms with van der Waals surface area (Å²) in [6.07, 6.45) is -0.374. The first kappa shape index (κ1) is 26.3. The third-order valence-electron chi connectivity index (χ3n) is 6.98. The summed E-state index contributed by atoms with van der Waals surface area (Å²) >= 11 is 6.49. The van der Waals surface area contributed by atoms with Crippen LogP contribution in [0.5, 0.6) is 23.0 Å². The van der Waals surface area contributed by atoms with Crippen molar-refractivity contribution in [1.29, 1.82) is 0 Å². The van der Waals surface area contributed by atoms with Gasteiger partial charge in [-0.25, -0.2) is 0 Å². The number of Topliss-reactive ketones (excluding diaryl/α,β-unsaturated/α-hetero) is 2. The highest BCUT2D eigenvalue weighted by atomic mass is 35.5. The monoisotopic (exact) mass is 530 g/mol. The van der Waals surface area contributed by atoms with Crippen LogP contribution >= 0.6 is 11.6 Å². The first-order valence-corrected chi connectivity index (χ1v) is 11.9. The number of carbonyl (C=O) groups excluding carboxylic acids is 3. The summed E-state index contributed by atoms with van der Waals surface area (Å²) in [7, 11) is 5.53. The number of halogens is 1. The van der Waals surface area contributed by atoms with Gasteiger partial charge in [0.1, 0.15) is 27.8 Å². The smallest absolute Gasteiger partial charge is 0.306 e. The zero-order chi connectivity index (χ0) is 27.1. The molecule has 2 aromatic rings. The molecule has 2 aromatic carbocycles. The number of methoxy groups -OCH3 is 4. The van der Waals surface area contributed by atoms with Crippen molar-refractivity contribution < 1.29 is 43.2 Å².